The van der Waals surface area contributed by atoms with Gasteiger partial charge in [0.25, 0.3) is 5.91 Å². The van der Waals surface area contributed by atoms with Crippen molar-refractivity contribution in [1.29, 1.82) is 0 Å². The molecule has 0 aliphatic carbocycles. The van der Waals surface area contributed by atoms with Crippen molar-refractivity contribution < 1.29 is 19.0 Å². The minimum atomic E-state index is -0.164. The van der Waals surface area contributed by atoms with Crippen LogP contribution < -0.4 is 14.8 Å². The molecule has 1 N–H and O–H groups in total. The zero-order valence-electron chi connectivity index (χ0n) is 14.1. The van der Waals surface area contributed by atoms with Gasteiger partial charge in [-0.15, -0.1) is 0 Å². The van der Waals surface area contributed by atoms with Crippen LogP contribution in [-0.4, -0.2) is 32.8 Å². The molecule has 0 atom stereocenters. The van der Waals surface area contributed by atoms with Crippen LogP contribution in [0.4, 0.5) is 0 Å². The van der Waals surface area contributed by atoms with E-state index in [4.69, 9.17) is 14.2 Å². The highest BCUT2D eigenvalue weighted by molar-refractivity contribution is 5.94. The summed E-state index contributed by atoms with van der Waals surface area (Å²) in [7, 11) is 1.60. The second kappa shape index (κ2) is 9.57. The zero-order valence-corrected chi connectivity index (χ0v) is 14.1. The van der Waals surface area contributed by atoms with Gasteiger partial charge in [0.05, 0.1) is 13.2 Å². The third-order valence-corrected chi connectivity index (χ3v) is 3.33. The van der Waals surface area contributed by atoms with Gasteiger partial charge in [-0.2, -0.15) is 0 Å². The molecule has 0 aliphatic heterocycles. The summed E-state index contributed by atoms with van der Waals surface area (Å²) in [6.45, 7) is 3.77. The molecule has 0 aromatic heterocycles. The minimum Gasteiger partial charge on any atom is -0.490 e. The lowest BCUT2D eigenvalue weighted by Gasteiger charge is -2.13. The first-order chi connectivity index (χ1) is 11.7. The van der Waals surface area contributed by atoms with E-state index < -0.39 is 0 Å². The summed E-state index contributed by atoms with van der Waals surface area (Å²) >= 11 is 0. The first-order valence-electron chi connectivity index (χ1n) is 7.95. The quantitative estimate of drug-likeness (QED) is 0.719. The standard InChI is InChI=1S/C19H23NO4/c1-3-23-18-13-16(19(21)20-11-12-22-2)9-10-17(18)24-14-15-7-5-4-6-8-15/h4-10,13H,3,11-12,14H2,1-2H3,(H,20,21). The number of nitrogens with one attached hydrogen (secondary N) is 1. The maximum absolute atomic E-state index is 12.1. The highest BCUT2D eigenvalue weighted by Gasteiger charge is 2.11. The van der Waals surface area contributed by atoms with Crippen molar-refractivity contribution in [3.05, 3.63) is 59.7 Å². The van der Waals surface area contributed by atoms with Gasteiger partial charge in [0.2, 0.25) is 0 Å². The molecular formula is C19H23NO4. The van der Waals surface area contributed by atoms with E-state index in [2.05, 4.69) is 5.32 Å². The molecule has 0 radical (unpaired) electrons. The van der Waals surface area contributed by atoms with E-state index in [1.165, 1.54) is 0 Å². The fourth-order valence-electron chi connectivity index (χ4n) is 2.14. The average Bonchev–Trinajstić information content (AvgIpc) is 2.62. The highest BCUT2D eigenvalue weighted by Crippen LogP contribution is 2.29. The van der Waals surface area contributed by atoms with Crippen LogP contribution in [0.3, 0.4) is 0 Å². The van der Waals surface area contributed by atoms with Gasteiger partial charge < -0.3 is 19.5 Å². The number of methoxy groups -OCH3 is 1. The Labute approximate surface area is 142 Å². The number of amides is 1. The number of hydrogen-bond acceptors (Lipinski definition) is 4. The van der Waals surface area contributed by atoms with Crippen LogP contribution in [0.1, 0.15) is 22.8 Å². The number of hydrogen-bond donors (Lipinski definition) is 1. The summed E-state index contributed by atoms with van der Waals surface area (Å²) in [5.41, 5.74) is 1.60. The predicted octanol–water partition coefficient (Wildman–Crippen LogP) is 3.04. The molecule has 2 rings (SSSR count). The third-order valence-electron chi connectivity index (χ3n) is 3.33. The molecule has 5 heteroatoms. The largest absolute Gasteiger partial charge is 0.490 e. The Morgan fingerprint density at radius 2 is 1.83 bits per heavy atom. The molecule has 0 spiro atoms. The Hall–Kier alpha value is -2.53. The molecule has 5 nitrogen and oxygen atoms in total. The summed E-state index contributed by atoms with van der Waals surface area (Å²) < 4.78 is 16.4. The monoisotopic (exact) mass is 329 g/mol. The normalized spacial score (nSPS) is 10.2. The molecule has 128 valence electrons. The van der Waals surface area contributed by atoms with Gasteiger partial charge in [0.15, 0.2) is 11.5 Å². The number of carbonyl (C=O) groups excluding carboxylic acids is 1. The van der Waals surface area contributed by atoms with E-state index in [1.807, 2.05) is 37.3 Å². The second-order valence-corrected chi connectivity index (χ2v) is 5.12. The van der Waals surface area contributed by atoms with Gasteiger partial charge in [0, 0.05) is 19.2 Å². The summed E-state index contributed by atoms with van der Waals surface area (Å²) in [5, 5.41) is 2.79. The summed E-state index contributed by atoms with van der Waals surface area (Å²) in [6.07, 6.45) is 0. The first-order valence-corrected chi connectivity index (χ1v) is 7.95. The Kier molecular flexibility index (Phi) is 7.11. The molecule has 0 saturated carbocycles. The van der Waals surface area contributed by atoms with Gasteiger partial charge in [-0.25, -0.2) is 0 Å². The minimum absolute atomic E-state index is 0.164. The second-order valence-electron chi connectivity index (χ2n) is 5.12. The van der Waals surface area contributed by atoms with Gasteiger partial charge in [0.1, 0.15) is 6.61 Å². The lowest BCUT2D eigenvalue weighted by Crippen LogP contribution is -2.26. The van der Waals surface area contributed by atoms with Crippen LogP contribution in [-0.2, 0) is 11.3 Å². The molecule has 1 amide bonds. The fraction of sp³-hybridized carbons (Fsp3) is 0.316. The van der Waals surface area contributed by atoms with Gasteiger partial charge in [-0.05, 0) is 30.7 Å². The fourth-order valence-corrected chi connectivity index (χ4v) is 2.14. The zero-order chi connectivity index (χ0) is 17.2. The van der Waals surface area contributed by atoms with Crippen molar-refractivity contribution in [3.8, 4) is 11.5 Å². The summed E-state index contributed by atoms with van der Waals surface area (Å²) in [4.78, 5) is 12.1. The number of ether oxygens (including phenoxy) is 3. The van der Waals surface area contributed by atoms with Crippen LogP contribution in [0.15, 0.2) is 48.5 Å². The molecule has 24 heavy (non-hydrogen) atoms. The number of carbonyl (C=O) groups is 1. The van der Waals surface area contributed by atoms with Crippen LogP contribution in [0.25, 0.3) is 0 Å². The van der Waals surface area contributed by atoms with Gasteiger partial charge in [-0.3, -0.25) is 4.79 Å². The van der Waals surface area contributed by atoms with Crippen LogP contribution in [0.5, 0.6) is 11.5 Å². The molecule has 0 aliphatic rings. The third kappa shape index (κ3) is 5.28. The number of benzene rings is 2. The average molecular weight is 329 g/mol. The molecule has 0 unspecified atom stereocenters. The van der Waals surface area contributed by atoms with E-state index in [-0.39, 0.29) is 5.91 Å². The molecule has 0 fully saturated rings. The Balaban J connectivity index is 2.06. The summed E-state index contributed by atoms with van der Waals surface area (Å²) in [5.74, 6) is 1.02. The van der Waals surface area contributed by atoms with Crippen molar-refractivity contribution >= 4 is 5.91 Å². The lowest BCUT2D eigenvalue weighted by molar-refractivity contribution is 0.0936. The van der Waals surface area contributed by atoms with Crippen LogP contribution in [0, 0.1) is 0 Å². The highest BCUT2D eigenvalue weighted by atomic mass is 16.5. The van der Waals surface area contributed by atoms with E-state index in [1.54, 1.807) is 25.3 Å². The maximum atomic E-state index is 12.1. The smallest absolute Gasteiger partial charge is 0.251 e. The van der Waals surface area contributed by atoms with Gasteiger partial charge >= 0.3 is 0 Å². The molecular weight excluding hydrogens is 306 g/mol. The molecule has 0 heterocycles. The molecule has 0 bridgehead atoms. The molecule has 2 aromatic rings. The Morgan fingerprint density at radius 3 is 2.54 bits per heavy atom. The SMILES string of the molecule is CCOc1cc(C(=O)NCCOC)ccc1OCc1ccccc1. The Bertz CT molecular complexity index is 643. The van der Waals surface area contributed by atoms with E-state index >= 15 is 0 Å². The van der Waals surface area contributed by atoms with Crippen LogP contribution >= 0.6 is 0 Å². The van der Waals surface area contributed by atoms with Gasteiger partial charge in [-0.1, -0.05) is 30.3 Å². The van der Waals surface area contributed by atoms with E-state index in [0.29, 0.717) is 43.4 Å². The molecule has 2 aromatic carbocycles. The Morgan fingerprint density at radius 1 is 1.04 bits per heavy atom. The van der Waals surface area contributed by atoms with Crippen molar-refractivity contribution in [2.24, 2.45) is 0 Å². The number of rotatable bonds is 9. The van der Waals surface area contributed by atoms with Crippen molar-refractivity contribution in [3.63, 3.8) is 0 Å². The molecule has 0 saturated heterocycles. The topological polar surface area (TPSA) is 56.8 Å². The van der Waals surface area contributed by atoms with E-state index in [0.717, 1.165) is 5.56 Å². The van der Waals surface area contributed by atoms with E-state index in [9.17, 15) is 4.79 Å². The predicted molar refractivity (Wildman–Crippen MR) is 92.6 cm³/mol. The lowest BCUT2D eigenvalue weighted by atomic mass is 10.2. The first kappa shape index (κ1) is 17.8. The van der Waals surface area contributed by atoms with Crippen molar-refractivity contribution in [2.45, 2.75) is 13.5 Å². The van der Waals surface area contributed by atoms with Crippen molar-refractivity contribution in [2.75, 3.05) is 26.9 Å². The summed E-state index contributed by atoms with van der Waals surface area (Å²) in [6, 6.07) is 15.1. The van der Waals surface area contributed by atoms with Crippen molar-refractivity contribution in [1.82, 2.24) is 5.32 Å². The van der Waals surface area contributed by atoms with Crippen LogP contribution in [0.2, 0.25) is 0 Å². The maximum Gasteiger partial charge on any atom is 0.251 e.